The van der Waals surface area contributed by atoms with Gasteiger partial charge >= 0.3 is 0 Å². The number of hydrogen-bond acceptors (Lipinski definition) is 0. The Kier molecular flexibility index (Phi) is 1.00. The van der Waals surface area contributed by atoms with Crippen LogP contribution in [0.15, 0.2) is 0 Å². The van der Waals surface area contributed by atoms with Gasteiger partial charge in [-0.05, 0) is 36.5 Å². The monoisotopic (exact) mass is 136 g/mol. The zero-order valence-corrected chi connectivity index (χ0v) is 6.55. The molecule has 0 bridgehead atoms. The fourth-order valence-corrected chi connectivity index (χ4v) is 3.50. The topological polar surface area (TPSA) is 0 Å². The van der Waals surface area contributed by atoms with E-state index < -0.39 is 0 Å². The summed E-state index contributed by atoms with van der Waals surface area (Å²) in [5.74, 6) is 4.92. The summed E-state index contributed by atoms with van der Waals surface area (Å²) in [7, 11) is 0. The van der Waals surface area contributed by atoms with Crippen LogP contribution in [0.1, 0.15) is 38.5 Å². The molecule has 0 aromatic rings. The zero-order chi connectivity index (χ0) is 6.55. The molecule has 3 saturated carbocycles. The summed E-state index contributed by atoms with van der Waals surface area (Å²) in [5, 5.41) is 0. The molecule has 0 heterocycles. The third-order valence-electron chi connectivity index (χ3n) is 4.13. The SMILES string of the molecule is C1CCC2CC3C(CC1)C23. The first-order valence-corrected chi connectivity index (χ1v) is 4.97. The molecule has 0 aromatic carbocycles. The second-order valence-corrected chi connectivity index (χ2v) is 4.54. The smallest absolute Gasteiger partial charge is 0.0323 e. The average molecular weight is 136 g/mol. The van der Waals surface area contributed by atoms with Crippen molar-refractivity contribution in [1.82, 2.24) is 0 Å². The summed E-state index contributed by atoms with van der Waals surface area (Å²) in [6, 6.07) is 0. The molecule has 4 unspecified atom stereocenters. The largest absolute Gasteiger partial charge is 0.0533 e. The summed E-state index contributed by atoms with van der Waals surface area (Å²) in [6.45, 7) is 0. The lowest BCUT2D eigenvalue weighted by Crippen LogP contribution is -2.15. The second-order valence-electron chi connectivity index (χ2n) is 4.54. The maximum Gasteiger partial charge on any atom is -0.0323 e. The highest BCUT2D eigenvalue weighted by molar-refractivity contribution is 5.09. The third-order valence-corrected chi connectivity index (χ3v) is 4.13. The Morgan fingerprint density at radius 2 is 1.70 bits per heavy atom. The molecule has 0 amide bonds. The van der Waals surface area contributed by atoms with Crippen LogP contribution >= 0.6 is 0 Å². The van der Waals surface area contributed by atoms with Crippen LogP contribution in [0.4, 0.5) is 0 Å². The normalized spacial score (nSPS) is 57.6. The summed E-state index contributed by atoms with van der Waals surface area (Å²) in [5.41, 5.74) is 0. The summed E-state index contributed by atoms with van der Waals surface area (Å²) < 4.78 is 0. The van der Waals surface area contributed by atoms with Crippen molar-refractivity contribution in [3.8, 4) is 0 Å². The van der Waals surface area contributed by atoms with Gasteiger partial charge in [0.15, 0.2) is 0 Å². The Labute approximate surface area is 63.0 Å². The second kappa shape index (κ2) is 1.78. The maximum absolute atomic E-state index is 1.62. The molecule has 0 nitrogen and oxygen atoms in total. The highest BCUT2D eigenvalue weighted by atomic mass is 14.7. The van der Waals surface area contributed by atoms with Gasteiger partial charge in [0.2, 0.25) is 0 Å². The molecular formula is C10H16. The molecule has 0 aliphatic heterocycles. The lowest BCUT2D eigenvalue weighted by molar-refractivity contribution is 0.258. The summed E-state index contributed by atoms with van der Waals surface area (Å²) in [4.78, 5) is 0. The molecule has 56 valence electrons. The molecule has 0 heteroatoms. The van der Waals surface area contributed by atoms with Gasteiger partial charge in [0.1, 0.15) is 0 Å². The first-order valence-electron chi connectivity index (χ1n) is 4.97. The Morgan fingerprint density at radius 3 is 2.70 bits per heavy atom. The van der Waals surface area contributed by atoms with Gasteiger partial charge in [-0.3, -0.25) is 0 Å². The first kappa shape index (κ1) is 5.62. The number of rotatable bonds is 0. The van der Waals surface area contributed by atoms with Gasteiger partial charge in [-0.25, -0.2) is 0 Å². The molecule has 3 rings (SSSR count). The lowest BCUT2D eigenvalue weighted by Gasteiger charge is -2.24. The van der Waals surface area contributed by atoms with Crippen molar-refractivity contribution in [2.75, 3.05) is 0 Å². The van der Waals surface area contributed by atoms with Crippen LogP contribution in [-0.2, 0) is 0 Å². The van der Waals surface area contributed by atoms with Gasteiger partial charge in [-0.1, -0.05) is 25.7 Å². The van der Waals surface area contributed by atoms with E-state index in [1.165, 1.54) is 30.1 Å². The minimum absolute atomic E-state index is 1.20. The molecule has 0 aromatic heterocycles. The molecule has 3 aliphatic carbocycles. The Bertz CT molecular complexity index is 137. The zero-order valence-electron chi connectivity index (χ0n) is 6.55. The maximum atomic E-state index is 1.62. The highest BCUT2D eigenvalue weighted by Gasteiger charge is 2.61. The standard InChI is InChI=1S/C10H16/c1-2-4-7-6-9-8(5-3-1)10(7)9/h7-10H,1-6H2. The van der Waals surface area contributed by atoms with Gasteiger partial charge < -0.3 is 0 Å². The Balaban J connectivity index is 1.73. The molecule has 4 atom stereocenters. The van der Waals surface area contributed by atoms with E-state index in [0.717, 1.165) is 0 Å². The van der Waals surface area contributed by atoms with Crippen LogP contribution in [0.2, 0.25) is 0 Å². The van der Waals surface area contributed by atoms with E-state index >= 15 is 0 Å². The Hall–Kier alpha value is 0. The van der Waals surface area contributed by atoms with Crippen LogP contribution < -0.4 is 0 Å². The molecule has 3 aliphatic rings. The van der Waals surface area contributed by atoms with Crippen molar-refractivity contribution in [3.63, 3.8) is 0 Å². The molecular weight excluding hydrogens is 120 g/mol. The van der Waals surface area contributed by atoms with Crippen molar-refractivity contribution in [2.45, 2.75) is 38.5 Å². The van der Waals surface area contributed by atoms with E-state index in [1.54, 1.807) is 32.1 Å². The highest BCUT2D eigenvalue weighted by Crippen LogP contribution is 2.68. The van der Waals surface area contributed by atoms with Crippen LogP contribution in [0, 0.1) is 23.7 Å². The van der Waals surface area contributed by atoms with Gasteiger partial charge in [0.05, 0.1) is 0 Å². The van der Waals surface area contributed by atoms with E-state index in [2.05, 4.69) is 0 Å². The van der Waals surface area contributed by atoms with Crippen LogP contribution in [0.3, 0.4) is 0 Å². The van der Waals surface area contributed by atoms with E-state index in [4.69, 9.17) is 0 Å². The number of fused-ring (bicyclic) bond motifs is 1. The van der Waals surface area contributed by atoms with Crippen molar-refractivity contribution < 1.29 is 0 Å². The van der Waals surface area contributed by atoms with E-state index in [0.29, 0.717) is 0 Å². The van der Waals surface area contributed by atoms with Gasteiger partial charge in [0, 0.05) is 0 Å². The quantitative estimate of drug-likeness (QED) is 0.480. The fraction of sp³-hybridized carbons (Fsp3) is 1.00. The van der Waals surface area contributed by atoms with Crippen molar-refractivity contribution >= 4 is 0 Å². The minimum Gasteiger partial charge on any atom is -0.0533 e. The van der Waals surface area contributed by atoms with E-state index in [-0.39, 0.29) is 0 Å². The van der Waals surface area contributed by atoms with Gasteiger partial charge in [0.25, 0.3) is 0 Å². The van der Waals surface area contributed by atoms with Crippen molar-refractivity contribution in [2.24, 2.45) is 23.7 Å². The molecule has 0 spiro atoms. The van der Waals surface area contributed by atoms with Crippen LogP contribution in [0.5, 0.6) is 0 Å². The molecule has 10 heavy (non-hydrogen) atoms. The van der Waals surface area contributed by atoms with E-state index in [9.17, 15) is 0 Å². The van der Waals surface area contributed by atoms with Gasteiger partial charge in [-0.15, -0.1) is 0 Å². The van der Waals surface area contributed by atoms with Crippen LogP contribution in [0.25, 0.3) is 0 Å². The fourth-order valence-electron chi connectivity index (χ4n) is 3.50. The van der Waals surface area contributed by atoms with Crippen molar-refractivity contribution in [1.29, 1.82) is 0 Å². The van der Waals surface area contributed by atoms with Crippen LogP contribution in [-0.4, -0.2) is 0 Å². The van der Waals surface area contributed by atoms with Crippen molar-refractivity contribution in [3.05, 3.63) is 0 Å². The van der Waals surface area contributed by atoms with E-state index in [1.807, 2.05) is 0 Å². The van der Waals surface area contributed by atoms with Gasteiger partial charge in [-0.2, -0.15) is 0 Å². The third kappa shape index (κ3) is 0.580. The predicted octanol–water partition coefficient (Wildman–Crippen LogP) is 2.83. The first-order chi connectivity index (χ1) is 4.97. The lowest BCUT2D eigenvalue weighted by atomic mass is 9.81. The summed E-state index contributed by atoms with van der Waals surface area (Å²) >= 11 is 0. The number of hydrogen-bond donors (Lipinski definition) is 0. The molecule has 0 N–H and O–H groups in total. The minimum atomic E-state index is 1.20. The Morgan fingerprint density at radius 1 is 0.800 bits per heavy atom. The average Bonchev–Trinajstić information content (AvgIpc) is 2.43. The molecule has 3 fully saturated rings. The summed E-state index contributed by atoms with van der Waals surface area (Å²) in [6.07, 6.45) is 9.41. The molecule has 0 saturated heterocycles. The predicted molar refractivity (Wildman–Crippen MR) is 41.7 cm³/mol. The molecule has 0 radical (unpaired) electrons.